The molecule has 0 radical (unpaired) electrons. The van der Waals surface area contributed by atoms with Crippen LogP contribution in [-0.4, -0.2) is 36.8 Å². The minimum Gasteiger partial charge on any atom is -0.299 e. The van der Waals surface area contributed by atoms with Gasteiger partial charge in [-0.1, -0.05) is 54.7 Å². The van der Waals surface area contributed by atoms with E-state index in [0.717, 1.165) is 22.9 Å². The average Bonchev–Trinajstić information content (AvgIpc) is 3.16. The highest BCUT2D eigenvalue weighted by molar-refractivity contribution is 7.92. The lowest BCUT2D eigenvalue weighted by atomic mass is 10.1. The van der Waals surface area contributed by atoms with Crippen molar-refractivity contribution < 1.29 is 13.2 Å². The van der Waals surface area contributed by atoms with Gasteiger partial charge in [-0.3, -0.25) is 14.4 Å². The zero-order valence-electron chi connectivity index (χ0n) is 17.3. The van der Waals surface area contributed by atoms with Crippen molar-refractivity contribution in [2.24, 2.45) is 0 Å². The minimum atomic E-state index is -3.69. The number of sulfonamides is 1. The topological polar surface area (TPSA) is 92.3 Å². The van der Waals surface area contributed by atoms with Gasteiger partial charge in [0, 0.05) is 5.56 Å². The quantitative estimate of drug-likeness (QED) is 0.594. The maximum absolute atomic E-state index is 13.0. The Morgan fingerprint density at radius 3 is 2.40 bits per heavy atom. The largest absolute Gasteiger partial charge is 0.299 e. The first-order valence-corrected chi connectivity index (χ1v) is 12.1. The van der Waals surface area contributed by atoms with Gasteiger partial charge in [-0.15, -0.1) is 10.2 Å². The molecule has 0 spiro atoms. The normalized spacial score (nSPS) is 12.4. The second-order valence-corrected chi connectivity index (χ2v) is 9.86. The summed E-state index contributed by atoms with van der Waals surface area (Å²) < 4.78 is 26.4. The van der Waals surface area contributed by atoms with Crippen molar-refractivity contribution >= 4 is 38.1 Å². The number of aromatic nitrogens is 2. The van der Waals surface area contributed by atoms with Crippen LogP contribution in [0.4, 0.5) is 10.8 Å². The number of aryl methyl sites for hydroxylation is 2. The summed E-state index contributed by atoms with van der Waals surface area (Å²) in [5, 5.41) is 11.9. The van der Waals surface area contributed by atoms with Crippen LogP contribution in [0.2, 0.25) is 0 Å². The summed E-state index contributed by atoms with van der Waals surface area (Å²) in [6, 6.07) is 14.0. The molecule has 7 nitrogen and oxygen atoms in total. The molecule has 1 heterocycles. The Balaban J connectivity index is 1.88. The fraction of sp³-hybridized carbons (Fsp3) is 0.286. The van der Waals surface area contributed by atoms with E-state index in [0.29, 0.717) is 22.2 Å². The van der Waals surface area contributed by atoms with Crippen LogP contribution in [0, 0.1) is 13.8 Å². The molecule has 0 bridgehead atoms. The number of anilines is 2. The molecule has 1 unspecified atom stereocenters. The molecule has 1 N–H and O–H groups in total. The zero-order valence-corrected chi connectivity index (χ0v) is 18.9. The molecule has 0 aliphatic rings. The Hall–Kier alpha value is -2.78. The molecule has 1 aromatic heterocycles. The van der Waals surface area contributed by atoms with E-state index in [9.17, 15) is 13.2 Å². The van der Waals surface area contributed by atoms with Gasteiger partial charge in [0.2, 0.25) is 21.1 Å². The average molecular weight is 445 g/mol. The van der Waals surface area contributed by atoms with Gasteiger partial charge in [0.05, 0.1) is 11.9 Å². The number of benzene rings is 2. The van der Waals surface area contributed by atoms with Crippen LogP contribution >= 0.6 is 11.3 Å². The Bertz CT molecular complexity index is 1140. The molecule has 0 fully saturated rings. The number of hydrogen-bond donors (Lipinski definition) is 1. The van der Waals surface area contributed by atoms with Gasteiger partial charge in [0.25, 0.3) is 0 Å². The van der Waals surface area contributed by atoms with Crippen LogP contribution < -0.4 is 9.62 Å². The summed E-state index contributed by atoms with van der Waals surface area (Å²) in [6.45, 7) is 5.64. The van der Waals surface area contributed by atoms with Crippen molar-refractivity contribution in [3.63, 3.8) is 0 Å². The summed E-state index contributed by atoms with van der Waals surface area (Å²) in [5.74, 6) is -0.447. The van der Waals surface area contributed by atoms with Gasteiger partial charge in [-0.05, 0) is 43.5 Å². The van der Waals surface area contributed by atoms with Gasteiger partial charge in [-0.2, -0.15) is 0 Å². The van der Waals surface area contributed by atoms with E-state index in [-0.39, 0.29) is 0 Å². The molecule has 158 valence electrons. The van der Waals surface area contributed by atoms with Crippen molar-refractivity contribution in [2.75, 3.05) is 15.9 Å². The highest BCUT2D eigenvalue weighted by atomic mass is 32.2. The van der Waals surface area contributed by atoms with E-state index in [4.69, 9.17) is 0 Å². The Morgan fingerprint density at radius 2 is 1.80 bits per heavy atom. The lowest BCUT2D eigenvalue weighted by Gasteiger charge is -2.30. The summed E-state index contributed by atoms with van der Waals surface area (Å²) in [7, 11) is -3.69. The molecule has 3 aromatic rings. The maximum Gasteiger partial charge on any atom is 0.250 e. The SMILES string of the molecule is CCC(C(=O)Nc1nnc(-c2ccccc2)s1)N(c1ccc(C)c(C)c1)S(C)(=O)=O. The van der Waals surface area contributed by atoms with Crippen LogP contribution in [0.5, 0.6) is 0 Å². The molecule has 0 aliphatic heterocycles. The second-order valence-electron chi connectivity index (χ2n) is 7.02. The van der Waals surface area contributed by atoms with E-state index >= 15 is 0 Å². The number of rotatable bonds is 7. The van der Waals surface area contributed by atoms with Crippen molar-refractivity contribution in [1.29, 1.82) is 0 Å². The lowest BCUT2D eigenvalue weighted by Crippen LogP contribution is -2.47. The van der Waals surface area contributed by atoms with Gasteiger partial charge in [0.1, 0.15) is 11.0 Å². The summed E-state index contributed by atoms with van der Waals surface area (Å²) in [4.78, 5) is 13.0. The maximum atomic E-state index is 13.0. The number of hydrogen-bond acceptors (Lipinski definition) is 6. The van der Waals surface area contributed by atoms with Gasteiger partial charge in [-0.25, -0.2) is 8.42 Å². The van der Waals surface area contributed by atoms with Crippen molar-refractivity contribution in [3.05, 3.63) is 59.7 Å². The van der Waals surface area contributed by atoms with E-state index in [1.807, 2.05) is 50.2 Å². The second kappa shape index (κ2) is 8.93. The molecule has 30 heavy (non-hydrogen) atoms. The van der Waals surface area contributed by atoms with E-state index in [1.54, 1.807) is 19.1 Å². The van der Waals surface area contributed by atoms with Crippen molar-refractivity contribution in [1.82, 2.24) is 10.2 Å². The van der Waals surface area contributed by atoms with Crippen LogP contribution in [-0.2, 0) is 14.8 Å². The van der Waals surface area contributed by atoms with Crippen molar-refractivity contribution in [3.8, 4) is 10.6 Å². The predicted octanol–water partition coefficient (Wildman–Crippen LogP) is 4.01. The van der Waals surface area contributed by atoms with Crippen LogP contribution in [0.3, 0.4) is 0 Å². The highest BCUT2D eigenvalue weighted by Crippen LogP contribution is 2.28. The first-order valence-electron chi connectivity index (χ1n) is 9.47. The number of nitrogens with one attached hydrogen (secondary N) is 1. The Morgan fingerprint density at radius 1 is 1.10 bits per heavy atom. The predicted molar refractivity (Wildman–Crippen MR) is 121 cm³/mol. The summed E-state index contributed by atoms with van der Waals surface area (Å²) >= 11 is 1.24. The molecule has 0 aliphatic carbocycles. The van der Waals surface area contributed by atoms with E-state index < -0.39 is 22.0 Å². The molecule has 2 aromatic carbocycles. The lowest BCUT2D eigenvalue weighted by molar-refractivity contribution is -0.117. The molecule has 9 heteroatoms. The highest BCUT2D eigenvalue weighted by Gasteiger charge is 2.32. The standard InChI is InChI=1S/C21H24N4O3S2/c1-5-18(25(30(4,27)28)17-12-11-14(2)15(3)13-17)19(26)22-21-24-23-20(29-21)16-9-7-6-8-10-16/h6-13,18H,5H2,1-4H3,(H,22,24,26). The number of carbonyl (C=O) groups is 1. The van der Waals surface area contributed by atoms with E-state index in [2.05, 4.69) is 15.5 Å². The number of amides is 1. The first kappa shape index (κ1) is 21.9. The van der Waals surface area contributed by atoms with Crippen LogP contribution in [0.15, 0.2) is 48.5 Å². The fourth-order valence-electron chi connectivity index (χ4n) is 3.08. The van der Waals surface area contributed by atoms with Gasteiger partial charge in [0.15, 0.2) is 0 Å². The smallest absolute Gasteiger partial charge is 0.250 e. The number of carbonyl (C=O) groups excluding carboxylic acids is 1. The molecule has 1 atom stereocenters. The molecule has 1 amide bonds. The molecule has 3 rings (SSSR count). The van der Waals surface area contributed by atoms with Crippen LogP contribution in [0.25, 0.3) is 10.6 Å². The Kier molecular flexibility index (Phi) is 6.52. The third-order valence-corrected chi connectivity index (χ3v) is 6.82. The zero-order chi connectivity index (χ0) is 21.9. The number of nitrogens with zero attached hydrogens (tertiary/aromatic N) is 3. The molecule has 0 saturated carbocycles. The molecule has 0 saturated heterocycles. The van der Waals surface area contributed by atoms with Gasteiger partial charge < -0.3 is 0 Å². The van der Waals surface area contributed by atoms with Crippen molar-refractivity contribution in [2.45, 2.75) is 33.2 Å². The van der Waals surface area contributed by atoms with Gasteiger partial charge >= 0.3 is 0 Å². The molecular formula is C21H24N4O3S2. The third kappa shape index (κ3) is 4.85. The van der Waals surface area contributed by atoms with E-state index in [1.165, 1.54) is 15.6 Å². The summed E-state index contributed by atoms with van der Waals surface area (Å²) in [6.07, 6.45) is 1.41. The Labute approximate surface area is 180 Å². The van der Waals surface area contributed by atoms with Crippen LogP contribution in [0.1, 0.15) is 24.5 Å². The third-order valence-electron chi connectivity index (χ3n) is 4.75. The molecular weight excluding hydrogens is 420 g/mol. The minimum absolute atomic E-state index is 0.302. The monoisotopic (exact) mass is 444 g/mol. The fourth-order valence-corrected chi connectivity index (χ4v) is 5.04. The summed E-state index contributed by atoms with van der Waals surface area (Å²) in [5.41, 5.74) is 3.36. The first-order chi connectivity index (χ1) is 14.2.